The van der Waals surface area contributed by atoms with Gasteiger partial charge < -0.3 is 14.5 Å². The van der Waals surface area contributed by atoms with E-state index in [9.17, 15) is 9.18 Å². The smallest absolute Gasteiger partial charge is 0.234 e. The third kappa shape index (κ3) is 3.56. The number of anilines is 2. The Hall–Kier alpha value is -2.40. The van der Waals surface area contributed by atoms with Crippen molar-refractivity contribution in [3.8, 4) is 0 Å². The summed E-state index contributed by atoms with van der Waals surface area (Å²) >= 11 is 0. The molecule has 142 valence electrons. The van der Waals surface area contributed by atoms with E-state index in [0.29, 0.717) is 13.0 Å². The van der Waals surface area contributed by atoms with Gasteiger partial charge in [-0.15, -0.1) is 0 Å². The number of carbonyl (C=O) groups is 1. The molecular weight excluding hydrogens is 343 g/mol. The number of nitrogens with zero attached hydrogens (tertiary/aromatic N) is 2. The predicted octanol–water partition coefficient (Wildman–Crippen LogP) is 3.75. The van der Waals surface area contributed by atoms with Gasteiger partial charge in [-0.3, -0.25) is 4.79 Å². The molecule has 1 atom stereocenters. The number of fused-ring (bicyclic) bond motifs is 1. The first-order chi connectivity index (χ1) is 13.2. The van der Waals surface area contributed by atoms with Gasteiger partial charge in [-0.05, 0) is 54.3 Å². The van der Waals surface area contributed by atoms with Crippen LogP contribution in [0.15, 0.2) is 42.5 Å². The van der Waals surface area contributed by atoms with Crippen LogP contribution in [-0.4, -0.2) is 38.8 Å². The Balaban J connectivity index is 1.55. The van der Waals surface area contributed by atoms with Crippen LogP contribution in [0.25, 0.3) is 0 Å². The van der Waals surface area contributed by atoms with Crippen molar-refractivity contribution >= 4 is 17.3 Å². The molecule has 27 heavy (non-hydrogen) atoms. The fraction of sp³-hybridized carbons (Fsp3) is 0.409. The highest BCUT2D eigenvalue weighted by Crippen LogP contribution is 2.35. The Morgan fingerprint density at radius 2 is 1.85 bits per heavy atom. The number of amides is 1. The average Bonchev–Trinajstić information content (AvgIpc) is 3.14. The number of morpholine rings is 1. The number of hydrogen-bond acceptors (Lipinski definition) is 3. The highest BCUT2D eigenvalue weighted by Gasteiger charge is 2.30. The van der Waals surface area contributed by atoms with Crippen molar-refractivity contribution in [2.24, 2.45) is 0 Å². The van der Waals surface area contributed by atoms with Gasteiger partial charge in [0, 0.05) is 31.0 Å². The maximum Gasteiger partial charge on any atom is 0.234 e. The Labute approximate surface area is 159 Å². The number of hydrogen-bond donors (Lipinski definition) is 0. The third-order valence-electron chi connectivity index (χ3n) is 5.58. The molecule has 0 N–H and O–H groups in total. The number of ether oxygens (including phenoxy) is 1. The molecule has 1 saturated heterocycles. The van der Waals surface area contributed by atoms with Crippen LogP contribution in [0.2, 0.25) is 0 Å². The van der Waals surface area contributed by atoms with Crippen molar-refractivity contribution < 1.29 is 13.9 Å². The predicted molar refractivity (Wildman–Crippen MR) is 105 cm³/mol. The van der Waals surface area contributed by atoms with Gasteiger partial charge in [-0.25, -0.2) is 4.39 Å². The van der Waals surface area contributed by atoms with Gasteiger partial charge in [0.15, 0.2) is 0 Å². The summed E-state index contributed by atoms with van der Waals surface area (Å²) in [5, 5.41) is 0. The van der Waals surface area contributed by atoms with E-state index in [1.807, 2.05) is 11.8 Å². The van der Waals surface area contributed by atoms with Crippen LogP contribution < -0.4 is 9.80 Å². The first kappa shape index (κ1) is 18.0. The molecule has 1 amide bonds. The Morgan fingerprint density at radius 3 is 2.56 bits per heavy atom. The van der Waals surface area contributed by atoms with Crippen LogP contribution in [0.4, 0.5) is 15.8 Å². The van der Waals surface area contributed by atoms with Gasteiger partial charge in [0.05, 0.1) is 19.1 Å². The lowest BCUT2D eigenvalue weighted by Gasteiger charge is -2.29. The number of benzene rings is 2. The highest BCUT2D eigenvalue weighted by molar-refractivity contribution is 6.00. The van der Waals surface area contributed by atoms with E-state index in [-0.39, 0.29) is 17.6 Å². The average molecular weight is 368 g/mol. The molecule has 2 aliphatic rings. The van der Waals surface area contributed by atoms with E-state index in [1.54, 1.807) is 12.1 Å². The van der Waals surface area contributed by atoms with E-state index in [1.165, 1.54) is 23.4 Å². The normalized spacial score (nSPS) is 17.7. The van der Waals surface area contributed by atoms with E-state index >= 15 is 0 Å². The molecule has 0 bridgehead atoms. The van der Waals surface area contributed by atoms with Crippen molar-refractivity contribution in [2.75, 3.05) is 42.6 Å². The molecule has 0 spiro atoms. The zero-order chi connectivity index (χ0) is 18.8. The van der Waals surface area contributed by atoms with Gasteiger partial charge >= 0.3 is 0 Å². The topological polar surface area (TPSA) is 32.8 Å². The SMILES string of the molecule is CCC(C(=O)N1CCc2cc(N3CCOCC3)ccc21)c1ccc(F)cc1. The Kier molecular flexibility index (Phi) is 5.12. The minimum atomic E-state index is -0.275. The summed E-state index contributed by atoms with van der Waals surface area (Å²) in [7, 11) is 0. The summed E-state index contributed by atoms with van der Waals surface area (Å²) in [5.41, 5.74) is 4.32. The molecule has 0 saturated carbocycles. The van der Waals surface area contributed by atoms with E-state index in [2.05, 4.69) is 23.1 Å². The molecule has 4 nitrogen and oxygen atoms in total. The van der Waals surface area contributed by atoms with Crippen molar-refractivity contribution in [1.82, 2.24) is 0 Å². The molecule has 2 aromatic carbocycles. The lowest BCUT2D eigenvalue weighted by atomic mass is 9.95. The maximum absolute atomic E-state index is 13.2. The molecule has 1 unspecified atom stereocenters. The maximum atomic E-state index is 13.2. The lowest BCUT2D eigenvalue weighted by Crippen LogP contribution is -2.36. The van der Waals surface area contributed by atoms with Gasteiger partial charge in [0.25, 0.3) is 0 Å². The molecule has 5 heteroatoms. The van der Waals surface area contributed by atoms with Gasteiger partial charge in [0.2, 0.25) is 5.91 Å². The summed E-state index contributed by atoms with van der Waals surface area (Å²) in [4.78, 5) is 17.5. The molecule has 4 rings (SSSR count). The molecule has 2 aromatic rings. The van der Waals surface area contributed by atoms with Crippen molar-refractivity contribution in [3.63, 3.8) is 0 Å². The molecule has 0 radical (unpaired) electrons. The minimum absolute atomic E-state index is 0.0991. The molecule has 1 fully saturated rings. The van der Waals surface area contributed by atoms with Crippen LogP contribution in [0.3, 0.4) is 0 Å². The molecule has 0 aromatic heterocycles. The van der Waals surface area contributed by atoms with Crippen LogP contribution in [0, 0.1) is 5.82 Å². The second-order valence-corrected chi connectivity index (χ2v) is 7.16. The fourth-order valence-corrected chi connectivity index (χ4v) is 4.07. The molecule has 2 aliphatic heterocycles. The summed E-state index contributed by atoms with van der Waals surface area (Å²) in [5.74, 6) is -0.416. The first-order valence-electron chi connectivity index (χ1n) is 9.70. The van der Waals surface area contributed by atoms with E-state index in [4.69, 9.17) is 4.74 Å². The van der Waals surface area contributed by atoms with Crippen LogP contribution in [0.1, 0.15) is 30.4 Å². The minimum Gasteiger partial charge on any atom is -0.378 e. The van der Waals surface area contributed by atoms with Crippen LogP contribution in [0.5, 0.6) is 0 Å². The summed E-state index contributed by atoms with van der Waals surface area (Å²) < 4.78 is 18.7. The standard InChI is InChI=1S/C22H25FN2O2/c1-2-20(16-3-5-18(23)6-4-16)22(26)25-10-9-17-15-19(7-8-21(17)25)24-11-13-27-14-12-24/h3-8,15,20H,2,9-14H2,1H3. The lowest BCUT2D eigenvalue weighted by molar-refractivity contribution is -0.120. The number of carbonyl (C=O) groups excluding carboxylic acids is 1. The van der Waals surface area contributed by atoms with Gasteiger partial charge in [-0.2, -0.15) is 0 Å². The van der Waals surface area contributed by atoms with Crippen molar-refractivity contribution in [3.05, 3.63) is 59.4 Å². The van der Waals surface area contributed by atoms with Gasteiger partial charge in [0.1, 0.15) is 5.82 Å². The highest BCUT2D eigenvalue weighted by atomic mass is 19.1. The second-order valence-electron chi connectivity index (χ2n) is 7.16. The van der Waals surface area contributed by atoms with Crippen molar-refractivity contribution in [1.29, 1.82) is 0 Å². The van der Waals surface area contributed by atoms with Gasteiger partial charge in [-0.1, -0.05) is 19.1 Å². The summed E-state index contributed by atoms with van der Waals surface area (Å²) in [6.45, 7) is 6.05. The second kappa shape index (κ2) is 7.69. The van der Waals surface area contributed by atoms with Crippen LogP contribution >= 0.6 is 0 Å². The molecule has 0 aliphatic carbocycles. The number of rotatable bonds is 4. The summed E-state index contributed by atoms with van der Waals surface area (Å²) in [6.07, 6.45) is 1.57. The first-order valence-corrected chi connectivity index (χ1v) is 9.70. The van der Waals surface area contributed by atoms with Crippen molar-refractivity contribution in [2.45, 2.75) is 25.7 Å². The zero-order valence-corrected chi connectivity index (χ0v) is 15.7. The quantitative estimate of drug-likeness (QED) is 0.824. The molecular formula is C22H25FN2O2. The zero-order valence-electron chi connectivity index (χ0n) is 15.7. The van der Waals surface area contributed by atoms with E-state index in [0.717, 1.165) is 44.0 Å². The fourth-order valence-electron chi connectivity index (χ4n) is 4.07. The Morgan fingerprint density at radius 1 is 1.11 bits per heavy atom. The largest absolute Gasteiger partial charge is 0.378 e. The van der Waals surface area contributed by atoms with E-state index < -0.39 is 0 Å². The monoisotopic (exact) mass is 368 g/mol. The molecule has 2 heterocycles. The third-order valence-corrected chi connectivity index (χ3v) is 5.58. The number of halogens is 1. The van der Waals surface area contributed by atoms with Crippen LogP contribution in [-0.2, 0) is 16.0 Å². The Bertz CT molecular complexity index is 816. The summed E-state index contributed by atoms with van der Waals surface area (Å²) in [6, 6.07) is 12.7.